The van der Waals surface area contributed by atoms with Gasteiger partial charge in [0.05, 0.1) is 5.01 Å². The Hall–Kier alpha value is -2.41. The van der Waals surface area contributed by atoms with Crippen molar-refractivity contribution in [1.82, 2.24) is 10.3 Å². The zero-order valence-electron chi connectivity index (χ0n) is 11.3. The van der Waals surface area contributed by atoms with Gasteiger partial charge in [-0.2, -0.15) is 0 Å². The van der Waals surface area contributed by atoms with E-state index in [1.165, 1.54) is 22.8 Å². The average molecular weight is 306 g/mol. The van der Waals surface area contributed by atoms with Gasteiger partial charge in [-0.3, -0.25) is 4.79 Å². The molecule has 0 saturated heterocycles. The van der Waals surface area contributed by atoms with Crippen LogP contribution in [-0.4, -0.2) is 33.6 Å². The lowest BCUT2D eigenvalue weighted by Crippen LogP contribution is -2.26. The summed E-state index contributed by atoms with van der Waals surface area (Å²) in [5, 5.41) is 23.2. The van der Waals surface area contributed by atoms with Gasteiger partial charge in [0.1, 0.15) is 5.75 Å². The summed E-state index contributed by atoms with van der Waals surface area (Å²) in [6.07, 6.45) is 0.460. The number of aromatic carboxylic acids is 1. The van der Waals surface area contributed by atoms with Crippen LogP contribution in [0.2, 0.25) is 0 Å². The Bertz CT molecular complexity index is 681. The van der Waals surface area contributed by atoms with Gasteiger partial charge in [-0.25, -0.2) is 9.78 Å². The summed E-state index contributed by atoms with van der Waals surface area (Å²) in [4.78, 5) is 26.6. The number of hydrogen-bond acceptors (Lipinski definition) is 5. The second-order valence-electron chi connectivity index (χ2n) is 4.39. The number of rotatable bonds is 5. The number of carbonyl (C=O) groups excluding carboxylic acids is 1. The monoisotopic (exact) mass is 306 g/mol. The van der Waals surface area contributed by atoms with Crippen LogP contribution < -0.4 is 5.32 Å². The van der Waals surface area contributed by atoms with Crippen LogP contribution in [0.15, 0.2) is 23.6 Å². The lowest BCUT2D eigenvalue weighted by molar-refractivity contribution is 0.0690. The molecule has 0 aliphatic heterocycles. The predicted octanol–water partition coefficient (Wildman–Crippen LogP) is 1.83. The Kier molecular flexibility index (Phi) is 4.54. The highest BCUT2D eigenvalue weighted by Gasteiger charge is 2.12. The molecule has 0 saturated carbocycles. The van der Waals surface area contributed by atoms with Crippen molar-refractivity contribution in [2.24, 2.45) is 0 Å². The minimum absolute atomic E-state index is 0.0187. The van der Waals surface area contributed by atoms with E-state index in [4.69, 9.17) is 5.11 Å². The molecule has 1 amide bonds. The number of phenols is 1. The maximum atomic E-state index is 12.0. The number of carbonyl (C=O) groups is 2. The summed E-state index contributed by atoms with van der Waals surface area (Å²) in [6.45, 7) is 2.02. The summed E-state index contributed by atoms with van der Waals surface area (Å²) < 4.78 is 0. The number of carboxylic acids is 1. The zero-order valence-corrected chi connectivity index (χ0v) is 12.1. The lowest BCUT2D eigenvalue weighted by Gasteiger charge is -2.08. The number of aromatic hydroxyl groups is 1. The molecule has 0 unspecified atom stereocenters. The van der Waals surface area contributed by atoms with Crippen molar-refractivity contribution < 1.29 is 19.8 Å². The van der Waals surface area contributed by atoms with Gasteiger partial charge in [0.2, 0.25) is 0 Å². The van der Waals surface area contributed by atoms with Crippen LogP contribution in [0.1, 0.15) is 31.4 Å². The number of amides is 1. The molecule has 3 N–H and O–H groups in total. The molecule has 0 bridgehead atoms. The number of nitrogens with zero attached hydrogens (tertiary/aromatic N) is 1. The first-order valence-electron chi connectivity index (χ1n) is 6.23. The topological polar surface area (TPSA) is 99.5 Å². The van der Waals surface area contributed by atoms with Crippen LogP contribution in [0.5, 0.6) is 5.75 Å². The van der Waals surface area contributed by atoms with Crippen molar-refractivity contribution in [1.29, 1.82) is 0 Å². The molecule has 0 aliphatic rings. The number of nitrogens with one attached hydrogen (secondary N) is 1. The van der Waals surface area contributed by atoms with E-state index in [0.717, 1.165) is 0 Å². The van der Waals surface area contributed by atoms with E-state index in [1.54, 1.807) is 19.1 Å². The van der Waals surface area contributed by atoms with Crippen molar-refractivity contribution in [3.8, 4) is 5.75 Å². The minimum Gasteiger partial charge on any atom is -0.508 e. The highest BCUT2D eigenvalue weighted by Crippen LogP contribution is 2.19. The van der Waals surface area contributed by atoms with E-state index < -0.39 is 5.97 Å². The van der Waals surface area contributed by atoms with E-state index in [-0.39, 0.29) is 17.4 Å². The summed E-state index contributed by atoms with van der Waals surface area (Å²) in [5.41, 5.74) is 0.961. The van der Waals surface area contributed by atoms with Gasteiger partial charge < -0.3 is 15.5 Å². The van der Waals surface area contributed by atoms with Gasteiger partial charge in [-0.05, 0) is 19.1 Å². The molecule has 0 aliphatic carbocycles. The molecular weight excluding hydrogens is 292 g/mol. The number of carboxylic acid groups (broad SMARTS) is 1. The Balaban J connectivity index is 1.92. The van der Waals surface area contributed by atoms with Crippen LogP contribution >= 0.6 is 11.3 Å². The van der Waals surface area contributed by atoms with Gasteiger partial charge in [0.15, 0.2) is 5.69 Å². The lowest BCUT2D eigenvalue weighted by atomic mass is 10.1. The number of thiazole rings is 1. The summed E-state index contributed by atoms with van der Waals surface area (Å²) in [5.74, 6) is -1.26. The average Bonchev–Trinajstić information content (AvgIpc) is 2.91. The second-order valence-corrected chi connectivity index (χ2v) is 5.33. The van der Waals surface area contributed by atoms with E-state index in [0.29, 0.717) is 29.1 Å². The van der Waals surface area contributed by atoms with E-state index >= 15 is 0 Å². The number of benzene rings is 1. The van der Waals surface area contributed by atoms with Gasteiger partial charge in [-0.1, -0.05) is 6.07 Å². The van der Waals surface area contributed by atoms with Gasteiger partial charge in [0.25, 0.3) is 5.91 Å². The SMILES string of the molecule is Cc1c(O)cccc1C(=O)NCCc1nc(C(=O)O)cs1. The third-order valence-electron chi connectivity index (χ3n) is 2.95. The summed E-state index contributed by atoms with van der Waals surface area (Å²) >= 11 is 1.25. The van der Waals surface area contributed by atoms with Crippen molar-refractivity contribution in [2.75, 3.05) is 6.54 Å². The van der Waals surface area contributed by atoms with Crippen LogP contribution in [0.4, 0.5) is 0 Å². The first kappa shape index (κ1) is 15.0. The van der Waals surface area contributed by atoms with Crippen LogP contribution in [0.3, 0.4) is 0 Å². The quantitative estimate of drug-likeness (QED) is 0.782. The van der Waals surface area contributed by atoms with E-state index in [2.05, 4.69) is 10.3 Å². The smallest absolute Gasteiger partial charge is 0.355 e. The largest absolute Gasteiger partial charge is 0.508 e. The van der Waals surface area contributed by atoms with E-state index in [1.807, 2.05) is 0 Å². The molecule has 1 aromatic carbocycles. The molecule has 2 aromatic rings. The minimum atomic E-state index is -1.06. The summed E-state index contributed by atoms with van der Waals surface area (Å²) in [6, 6.07) is 4.77. The Labute approximate surface area is 125 Å². The van der Waals surface area contributed by atoms with Gasteiger partial charge >= 0.3 is 5.97 Å². The molecule has 7 heteroatoms. The first-order chi connectivity index (χ1) is 9.99. The molecule has 0 atom stereocenters. The third-order valence-corrected chi connectivity index (χ3v) is 3.85. The van der Waals surface area contributed by atoms with Gasteiger partial charge in [-0.15, -0.1) is 11.3 Å². The van der Waals surface area contributed by atoms with Crippen molar-refractivity contribution in [2.45, 2.75) is 13.3 Å². The molecule has 2 rings (SSSR count). The predicted molar refractivity (Wildman–Crippen MR) is 78.0 cm³/mol. The Morgan fingerprint density at radius 3 is 2.81 bits per heavy atom. The standard InChI is InChI=1S/C14H14N2O4S/c1-8-9(3-2-4-11(8)17)13(18)15-6-5-12-16-10(7-21-12)14(19)20/h2-4,7,17H,5-6H2,1H3,(H,15,18)(H,19,20). The molecule has 0 fully saturated rings. The molecule has 21 heavy (non-hydrogen) atoms. The maximum absolute atomic E-state index is 12.0. The van der Waals surface area contributed by atoms with Crippen LogP contribution in [0.25, 0.3) is 0 Å². The van der Waals surface area contributed by atoms with Crippen molar-refractivity contribution >= 4 is 23.2 Å². The molecule has 0 radical (unpaired) electrons. The fraction of sp³-hybridized carbons (Fsp3) is 0.214. The third kappa shape index (κ3) is 3.57. The molecular formula is C14H14N2O4S. The fourth-order valence-corrected chi connectivity index (χ4v) is 2.54. The number of phenolic OH excluding ortho intramolecular Hbond substituents is 1. The first-order valence-corrected chi connectivity index (χ1v) is 7.11. The molecule has 1 aromatic heterocycles. The number of aromatic nitrogens is 1. The van der Waals surface area contributed by atoms with Crippen molar-refractivity contribution in [3.63, 3.8) is 0 Å². The zero-order chi connectivity index (χ0) is 15.4. The van der Waals surface area contributed by atoms with Crippen molar-refractivity contribution in [3.05, 3.63) is 45.4 Å². The highest BCUT2D eigenvalue weighted by atomic mass is 32.1. The maximum Gasteiger partial charge on any atom is 0.355 e. The van der Waals surface area contributed by atoms with E-state index in [9.17, 15) is 14.7 Å². The molecule has 1 heterocycles. The molecule has 0 spiro atoms. The molecule has 6 nitrogen and oxygen atoms in total. The fourth-order valence-electron chi connectivity index (χ4n) is 1.77. The Morgan fingerprint density at radius 1 is 1.38 bits per heavy atom. The Morgan fingerprint density at radius 2 is 2.14 bits per heavy atom. The van der Waals surface area contributed by atoms with Gasteiger partial charge in [0, 0.05) is 29.5 Å². The number of hydrogen-bond donors (Lipinski definition) is 3. The normalized spacial score (nSPS) is 10.3. The molecule has 110 valence electrons. The van der Waals surface area contributed by atoms with Crippen LogP contribution in [0, 0.1) is 6.92 Å². The second kappa shape index (κ2) is 6.36. The summed E-state index contributed by atoms with van der Waals surface area (Å²) in [7, 11) is 0. The highest BCUT2D eigenvalue weighted by molar-refractivity contribution is 7.09. The van der Waals surface area contributed by atoms with Crippen LogP contribution in [-0.2, 0) is 6.42 Å².